The Morgan fingerprint density at radius 2 is 2.17 bits per heavy atom. The molecule has 23 heavy (non-hydrogen) atoms. The van der Waals surface area contributed by atoms with E-state index in [9.17, 15) is 18.7 Å². The maximum absolute atomic E-state index is 12.2. The number of pyridine rings is 1. The van der Waals surface area contributed by atoms with Gasteiger partial charge in [0.25, 0.3) is 5.91 Å². The van der Waals surface area contributed by atoms with E-state index in [0.29, 0.717) is 5.56 Å². The smallest absolute Gasteiger partial charge is 0.387 e. The van der Waals surface area contributed by atoms with E-state index in [4.69, 9.17) is 11.6 Å². The highest BCUT2D eigenvalue weighted by Crippen LogP contribution is 2.21. The van der Waals surface area contributed by atoms with Crippen LogP contribution in [0.1, 0.15) is 22.0 Å². The van der Waals surface area contributed by atoms with Crippen LogP contribution in [-0.2, 0) is 0 Å². The number of carbonyl (C=O) groups excluding carboxylic acids is 1. The summed E-state index contributed by atoms with van der Waals surface area (Å²) >= 11 is 5.85. The highest BCUT2D eigenvalue weighted by atomic mass is 35.5. The molecule has 5 nitrogen and oxygen atoms in total. The number of aliphatic hydroxyl groups excluding tert-OH is 1. The van der Waals surface area contributed by atoms with E-state index in [1.54, 1.807) is 0 Å². The van der Waals surface area contributed by atoms with Gasteiger partial charge in [-0.05, 0) is 23.8 Å². The van der Waals surface area contributed by atoms with Crippen molar-refractivity contribution in [3.8, 4) is 5.75 Å². The lowest BCUT2D eigenvalue weighted by Gasteiger charge is -2.14. The first-order valence-corrected chi connectivity index (χ1v) is 6.95. The van der Waals surface area contributed by atoms with Crippen LogP contribution in [0, 0.1) is 0 Å². The summed E-state index contributed by atoms with van der Waals surface area (Å²) in [6.45, 7) is -3.06. The largest absolute Gasteiger partial charge is 0.435 e. The maximum atomic E-state index is 12.2. The number of amides is 1. The number of aromatic nitrogens is 1. The van der Waals surface area contributed by atoms with Crippen molar-refractivity contribution in [2.75, 3.05) is 6.54 Å². The van der Waals surface area contributed by atoms with Crippen molar-refractivity contribution < 1.29 is 23.4 Å². The van der Waals surface area contributed by atoms with Crippen molar-refractivity contribution in [1.29, 1.82) is 0 Å². The Balaban J connectivity index is 1.98. The van der Waals surface area contributed by atoms with Gasteiger partial charge in [0.1, 0.15) is 5.75 Å². The van der Waals surface area contributed by atoms with Gasteiger partial charge >= 0.3 is 6.61 Å². The summed E-state index contributed by atoms with van der Waals surface area (Å²) in [7, 11) is 0. The highest BCUT2D eigenvalue weighted by Gasteiger charge is 2.14. The minimum atomic E-state index is -2.95. The number of alkyl halides is 2. The van der Waals surface area contributed by atoms with Crippen molar-refractivity contribution in [2.24, 2.45) is 0 Å². The molecule has 1 atom stereocenters. The molecule has 2 rings (SSSR count). The second-order valence-corrected chi connectivity index (χ2v) is 4.94. The fraction of sp³-hybridized carbons (Fsp3) is 0.200. The number of nitrogens with one attached hydrogen (secondary N) is 1. The van der Waals surface area contributed by atoms with Crippen LogP contribution in [0.25, 0.3) is 0 Å². The maximum Gasteiger partial charge on any atom is 0.387 e. The van der Waals surface area contributed by atoms with Crippen LogP contribution in [0.4, 0.5) is 8.78 Å². The first-order valence-electron chi connectivity index (χ1n) is 6.58. The molecule has 0 aliphatic carbocycles. The van der Waals surface area contributed by atoms with Crippen LogP contribution in [0.2, 0.25) is 5.02 Å². The number of aliphatic hydroxyl groups is 1. The van der Waals surface area contributed by atoms with Gasteiger partial charge in [0, 0.05) is 18.9 Å². The van der Waals surface area contributed by atoms with Gasteiger partial charge in [-0.15, -0.1) is 0 Å². The standard InChI is InChI=1S/C15H13ClF2N2O3/c16-12-7-19-5-4-11(12)14(22)20-8-13(21)9-2-1-3-10(6-9)23-15(17)18/h1-7,13,15,21H,8H2,(H,20,22)/t13-/m0/s1. The zero-order valence-corrected chi connectivity index (χ0v) is 12.5. The molecule has 2 N–H and O–H groups in total. The number of ether oxygens (including phenoxy) is 1. The van der Waals surface area contributed by atoms with Gasteiger partial charge < -0.3 is 15.2 Å². The molecule has 0 saturated heterocycles. The molecule has 1 aromatic carbocycles. The number of carbonyl (C=O) groups is 1. The molecule has 2 aromatic rings. The van der Waals surface area contributed by atoms with Crippen LogP contribution in [0.5, 0.6) is 5.75 Å². The number of hydrogen-bond donors (Lipinski definition) is 2. The van der Waals surface area contributed by atoms with Crippen molar-refractivity contribution in [1.82, 2.24) is 10.3 Å². The molecular formula is C15H13ClF2N2O3. The fourth-order valence-electron chi connectivity index (χ4n) is 1.86. The molecule has 1 amide bonds. The molecule has 122 valence electrons. The summed E-state index contributed by atoms with van der Waals surface area (Å²) in [5, 5.41) is 12.7. The molecule has 0 fully saturated rings. The second-order valence-electron chi connectivity index (χ2n) is 4.53. The third-order valence-electron chi connectivity index (χ3n) is 2.94. The van der Waals surface area contributed by atoms with E-state index < -0.39 is 18.6 Å². The molecule has 8 heteroatoms. The Morgan fingerprint density at radius 1 is 1.39 bits per heavy atom. The van der Waals surface area contributed by atoms with Crippen molar-refractivity contribution in [2.45, 2.75) is 12.7 Å². The average Bonchev–Trinajstić information content (AvgIpc) is 2.52. The third-order valence-corrected chi connectivity index (χ3v) is 3.24. The van der Waals surface area contributed by atoms with Gasteiger partial charge in [-0.25, -0.2) is 0 Å². The predicted molar refractivity (Wildman–Crippen MR) is 79.6 cm³/mol. The summed E-state index contributed by atoms with van der Waals surface area (Å²) in [5.41, 5.74) is 0.563. The molecule has 0 spiro atoms. The van der Waals surface area contributed by atoms with Crippen LogP contribution in [-0.4, -0.2) is 29.2 Å². The Labute approximate surface area is 135 Å². The van der Waals surface area contributed by atoms with E-state index in [1.807, 2.05) is 0 Å². The van der Waals surface area contributed by atoms with E-state index in [-0.39, 0.29) is 22.9 Å². The monoisotopic (exact) mass is 342 g/mol. The minimum Gasteiger partial charge on any atom is -0.435 e. The molecule has 0 aliphatic heterocycles. The molecular weight excluding hydrogens is 330 g/mol. The van der Waals surface area contributed by atoms with E-state index in [2.05, 4.69) is 15.0 Å². The fourth-order valence-corrected chi connectivity index (χ4v) is 2.06. The molecule has 0 bridgehead atoms. The van der Waals surface area contributed by atoms with Gasteiger partial charge in [-0.1, -0.05) is 23.7 Å². The van der Waals surface area contributed by atoms with E-state index >= 15 is 0 Å². The van der Waals surface area contributed by atoms with Gasteiger partial charge in [0.05, 0.1) is 16.7 Å². The Kier molecular flexibility index (Phi) is 5.84. The van der Waals surface area contributed by atoms with E-state index in [0.717, 1.165) is 0 Å². The number of benzene rings is 1. The van der Waals surface area contributed by atoms with Crippen LogP contribution in [0.15, 0.2) is 42.7 Å². The molecule has 0 unspecified atom stereocenters. The number of hydrogen-bond acceptors (Lipinski definition) is 4. The average molecular weight is 343 g/mol. The molecule has 0 aliphatic rings. The molecule has 0 saturated carbocycles. The van der Waals surface area contributed by atoms with Crippen molar-refractivity contribution in [3.63, 3.8) is 0 Å². The normalized spacial score (nSPS) is 12.0. The zero-order chi connectivity index (χ0) is 16.8. The van der Waals surface area contributed by atoms with Crippen molar-refractivity contribution >= 4 is 17.5 Å². The minimum absolute atomic E-state index is 0.0694. The topological polar surface area (TPSA) is 71.5 Å². The van der Waals surface area contributed by atoms with Gasteiger partial charge in [-0.3, -0.25) is 9.78 Å². The van der Waals surface area contributed by atoms with Gasteiger partial charge in [-0.2, -0.15) is 8.78 Å². The molecule has 0 radical (unpaired) electrons. The predicted octanol–water partition coefficient (Wildman–Crippen LogP) is 2.80. The summed E-state index contributed by atoms with van der Waals surface area (Å²) in [5.74, 6) is -0.545. The quantitative estimate of drug-likeness (QED) is 0.846. The lowest BCUT2D eigenvalue weighted by Crippen LogP contribution is -2.28. The highest BCUT2D eigenvalue weighted by molar-refractivity contribution is 6.33. The lowest BCUT2D eigenvalue weighted by atomic mass is 10.1. The summed E-state index contributed by atoms with van der Waals surface area (Å²) < 4.78 is 28.6. The van der Waals surface area contributed by atoms with Gasteiger partial charge in [0.2, 0.25) is 0 Å². The van der Waals surface area contributed by atoms with Crippen LogP contribution < -0.4 is 10.1 Å². The Morgan fingerprint density at radius 3 is 2.87 bits per heavy atom. The Hall–Kier alpha value is -2.25. The zero-order valence-electron chi connectivity index (χ0n) is 11.7. The summed E-state index contributed by atoms with van der Waals surface area (Å²) in [6, 6.07) is 7.08. The Bertz CT molecular complexity index is 685. The van der Waals surface area contributed by atoms with Crippen molar-refractivity contribution in [3.05, 3.63) is 58.9 Å². The second kappa shape index (κ2) is 7.85. The van der Waals surface area contributed by atoms with Crippen LogP contribution in [0.3, 0.4) is 0 Å². The van der Waals surface area contributed by atoms with Gasteiger partial charge in [0.15, 0.2) is 0 Å². The summed E-state index contributed by atoms with van der Waals surface area (Å²) in [4.78, 5) is 15.7. The third kappa shape index (κ3) is 4.87. The SMILES string of the molecule is O=C(NC[C@H](O)c1cccc(OC(F)F)c1)c1ccncc1Cl. The first kappa shape index (κ1) is 17.1. The van der Waals surface area contributed by atoms with E-state index in [1.165, 1.54) is 42.7 Å². The number of halogens is 3. The molecule has 1 aromatic heterocycles. The molecule has 1 heterocycles. The lowest BCUT2D eigenvalue weighted by molar-refractivity contribution is -0.0499. The first-order chi connectivity index (χ1) is 11.0. The number of nitrogens with zero attached hydrogens (tertiary/aromatic N) is 1. The van der Waals surface area contributed by atoms with Crippen LogP contribution >= 0.6 is 11.6 Å². The summed E-state index contributed by atoms with van der Waals surface area (Å²) in [6.07, 6.45) is 1.67. The number of rotatable bonds is 6.